The van der Waals surface area contributed by atoms with Gasteiger partial charge in [-0.1, -0.05) is 6.07 Å². The molecular weight excluding hydrogens is 378 g/mol. The number of nitrogens with two attached hydrogens (primary N) is 1. The first-order chi connectivity index (χ1) is 13.3. The topological polar surface area (TPSA) is 111 Å². The molecule has 3 N–H and O–H groups in total. The fourth-order valence-corrected chi connectivity index (χ4v) is 4.55. The van der Waals surface area contributed by atoms with E-state index in [0.29, 0.717) is 28.8 Å². The predicted octanol–water partition coefficient (Wildman–Crippen LogP) is 2.72. The Bertz CT molecular complexity index is 1240. The Kier molecular flexibility index (Phi) is 4.23. The van der Waals surface area contributed by atoms with Crippen LogP contribution in [0.25, 0.3) is 10.9 Å². The lowest BCUT2D eigenvalue weighted by atomic mass is 10.0. The smallest absolute Gasteiger partial charge is 0.252 e. The standard InChI is InChI=1S/C20H19N3O4S/c1-11-17(28(2,25)26)7-6-13-18(11)22-10-14(20(21)24)19(13)23-15-4-3-5-16-12(15)8-9-27-16/h3-7,10H,8-9H2,1-2H3,(H2,21,24)(H,22,23). The number of nitrogens with one attached hydrogen (secondary N) is 1. The second kappa shape index (κ2) is 6.49. The third-order valence-electron chi connectivity index (χ3n) is 4.91. The summed E-state index contributed by atoms with van der Waals surface area (Å²) >= 11 is 0. The Morgan fingerprint density at radius 1 is 1.25 bits per heavy atom. The molecule has 28 heavy (non-hydrogen) atoms. The highest BCUT2D eigenvalue weighted by atomic mass is 32.2. The van der Waals surface area contributed by atoms with Gasteiger partial charge in [-0.05, 0) is 36.8 Å². The zero-order chi connectivity index (χ0) is 20.1. The molecule has 0 radical (unpaired) electrons. The Hall–Kier alpha value is -3.13. The molecule has 1 aliphatic rings. The maximum Gasteiger partial charge on any atom is 0.252 e. The number of hydrogen-bond donors (Lipinski definition) is 2. The Balaban J connectivity index is 1.96. The molecule has 0 spiro atoms. The molecule has 4 rings (SSSR count). The number of hydrogen-bond acceptors (Lipinski definition) is 6. The highest BCUT2D eigenvalue weighted by Crippen LogP contribution is 2.37. The highest BCUT2D eigenvalue weighted by Gasteiger charge is 2.21. The number of benzene rings is 2. The molecule has 3 aromatic rings. The lowest BCUT2D eigenvalue weighted by Gasteiger charge is -2.17. The summed E-state index contributed by atoms with van der Waals surface area (Å²) in [5.41, 5.74) is 9.17. The van der Waals surface area contributed by atoms with Crippen LogP contribution in [0.15, 0.2) is 41.4 Å². The molecular formula is C20H19N3O4S. The van der Waals surface area contributed by atoms with Crippen molar-refractivity contribution in [2.24, 2.45) is 5.73 Å². The van der Waals surface area contributed by atoms with Crippen LogP contribution in [0.4, 0.5) is 11.4 Å². The number of sulfone groups is 1. The molecule has 1 amide bonds. The molecule has 7 nitrogen and oxygen atoms in total. The van der Waals surface area contributed by atoms with Gasteiger partial charge < -0.3 is 15.8 Å². The van der Waals surface area contributed by atoms with Crippen molar-refractivity contribution >= 4 is 38.0 Å². The third kappa shape index (κ3) is 2.95. The molecule has 0 aliphatic carbocycles. The zero-order valence-corrected chi connectivity index (χ0v) is 16.3. The summed E-state index contributed by atoms with van der Waals surface area (Å²) in [5.74, 6) is 0.185. The SMILES string of the molecule is Cc1c(S(C)(=O)=O)ccc2c(Nc3cccc4c3CCO4)c(C(N)=O)cnc12. The summed E-state index contributed by atoms with van der Waals surface area (Å²) in [6.07, 6.45) is 3.29. The maximum absolute atomic E-state index is 12.0. The minimum Gasteiger partial charge on any atom is -0.493 e. The summed E-state index contributed by atoms with van der Waals surface area (Å²) in [6.45, 7) is 2.30. The van der Waals surface area contributed by atoms with Crippen LogP contribution in [0.1, 0.15) is 21.5 Å². The molecule has 8 heteroatoms. The number of primary amides is 1. The average Bonchev–Trinajstić information content (AvgIpc) is 3.11. The van der Waals surface area contributed by atoms with E-state index < -0.39 is 15.7 Å². The number of carbonyl (C=O) groups is 1. The fourth-order valence-electron chi connectivity index (χ4n) is 3.59. The maximum atomic E-state index is 12.0. The number of fused-ring (bicyclic) bond motifs is 2. The lowest BCUT2D eigenvalue weighted by molar-refractivity contribution is 0.100. The van der Waals surface area contributed by atoms with Gasteiger partial charge in [0.05, 0.1) is 28.3 Å². The molecule has 1 aromatic heterocycles. The van der Waals surface area contributed by atoms with Gasteiger partial charge in [-0.15, -0.1) is 0 Å². The van der Waals surface area contributed by atoms with Gasteiger partial charge >= 0.3 is 0 Å². The van der Waals surface area contributed by atoms with Crippen molar-refractivity contribution < 1.29 is 17.9 Å². The summed E-state index contributed by atoms with van der Waals surface area (Å²) in [7, 11) is -3.40. The van der Waals surface area contributed by atoms with Crippen molar-refractivity contribution in [3.63, 3.8) is 0 Å². The van der Waals surface area contributed by atoms with Crippen molar-refractivity contribution in [1.29, 1.82) is 0 Å². The Morgan fingerprint density at radius 3 is 2.75 bits per heavy atom. The van der Waals surface area contributed by atoms with Crippen LogP contribution in [0.3, 0.4) is 0 Å². The first-order valence-corrected chi connectivity index (χ1v) is 10.6. The van der Waals surface area contributed by atoms with E-state index >= 15 is 0 Å². The molecule has 0 unspecified atom stereocenters. The summed E-state index contributed by atoms with van der Waals surface area (Å²) < 4.78 is 29.7. The van der Waals surface area contributed by atoms with Gasteiger partial charge in [-0.2, -0.15) is 0 Å². The molecule has 0 atom stereocenters. The first kappa shape index (κ1) is 18.2. The minimum absolute atomic E-state index is 0.208. The van der Waals surface area contributed by atoms with E-state index in [4.69, 9.17) is 10.5 Å². The van der Waals surface area contributed by atoms with E-state index in [-0.39, 0.29) is 10.5 Å². The van der Waals surface area contributed by atoms with Gasteiger partial charge in [0.2, 0.25) is 0 Å². The van der Waals surface area contributed by atoms with Gasteiger partial charge in [0.1, 0.15) is 5.75 Å². The van der Waals surface area contributed by atoms with Crippen LogP contribution in [-0.4, -0.2) is 32.2 Å². The van der Waals surface area contributed by atoms with Crippen LogP contribution in [0.2, 0.25) is 0 Å². The van der Waals surface area contributed by atoms with Crippen LogP contribution in [0, 0.1) is 6.92 Å². The Labute approximate surface area is 162 Å². The van der Waals surface area contributed by atoms with E-state index in [9.17, 15) is 13.2 Å². The summed E-state index contributed by atoms with van der Waals surface area (Å²) in [6, 6.07) is 8.86. The van der Waals surface area contributed by atoms with E-state index in [1.54, 1.807) is 13.0 Å². The molecule has 0 bridgehead atoms. The fraction of sp³-hybridized carbons (Fsp3) is 0.200. The monoisotopic (exact) mass is 397 g/mol. The molecule has 1 aliphatic heterocycles. The van der Waals surface area contributed by atoms with Gasteiger partial charge in [0.15, 0.2) is 9.84 Å². The van der Waals surface area contributed by atoms with E-state index in [1.807, 2.05) is 18.2 Å². The number of anilines is 2. The van der Waals surface area contributed by atoms with Crippen molar-refractivity contribution in [2.75, 3.05) is 18.2 Å². The minimum atomic E-state index is -3.40. The van der Waals surface area contributed by atoms with E-state index in [1.165, 1.54) is 12.3 Å². The third-order valence-corrected chi connectivity index (χ3v) is 6.15. The van der Waals surface area contributed by atoms with Crippen molar-refractivity contribution in [2.45, 2.75) is 18.2 Å². The van der Waals surface area contributed by atoms with E-state index in [2.05, 4.69) is 10.3 Å². The van der Waals surface area contributed by atoms with Crippen LogP contribution in [-0.2, 0) is 16.3 Å². The number of rotatable bonds is 4. The van der Waals surface area contributed by atoms with Crippen molar-refractivity contribution in [3.8, 4) is 5.75 Å². The predicted molar refractivity (Wildman–Crippen MR) is 107 cm³/mol. The number of pyridine rings is 1. The number of aryl methyl sites for hydroxylation is 1. The second-order valence-electron chi connectivity index (χ2n) is 6.77. The molecule has 2 aromatic carbocycles. The normalized spacial score (nSPS) is 13.2. The second-order valence-corrected chi connectivity index (χ2v) is 8.76. The summed E-state index contributed by atoms with van der Waals surface area (Å²) in [4.78, 5) is 16.6. The first-order valence-electron chi connectivity index (χ1n) is 8.71. The molecule has 0 saturated carbocycles. The van der Waals surface area contributed by atoms with Crippen LogP contribution in [0.5, 0.6) is 5.75 Å². The van der Waals surface area contributed by atoms with Crippen molar-refractivity contribution in [1.82, 2.24) is 4.98 Å². The zero-order valence-electron chi connectivity index (χ0n) is 15.4. The van der Waals surface area contributed by atoms with Gasteiger partial charge in [-0.3, -0.25) is 9.78 Å². The number of carbonyl (C=O) groups excluding carboxylic acids is 1. The quantitative estimate of drug-likeness (QED) is 0.700. The molecule has 2 heterocycles. The molecule has 144 valence electrons. The van der Waals surface area contributed by atoms with E-state index in [0.717, 1.165) is 29.7 Å². The number of nitrogens with zero attached hydrogens (tertiary/aromatic N) is 1. The van der Waals surface area contributed by atoms with Gasteiger partial charge in [0, 0.05) is 35.5 Å². The number of ether oxygens (including phenoxy) is 1. The largest absolute Gasteiger partial charge is 0.493 e. The summed E-state index contributed by atoms with van der Waals surface area (Å²) in [5, 5.41) is 3.94. The Morgan fingerprint density at radius 2 is 2.04 bits per heavy atom. The number of aromatic nitrogens is 1. The average molecular weight is 397 g/mol. The molecule has 0 saturated heterocycles. The van der Waals surface area contributed by atoms with Gasteiger partial charge in [0.25, 0.3) is 5.91 Å². The van der Waals surface area contributed by atoms with Crippen LogP contribution < -0.4 is 15.8 Å². The molecule has 0 fully saturated rings. The number of amides is 1. The van der Waals surface area contributed by atoms with Gasteiger partial charge in [-0.25, -0.2) is 8.42 Å². The van der Waals surface area contributed by atoms with Crippen LogP contribution >= 0.6 is 0 Å². The van der Waals surface area contributed by atoms with Crippen molar-refractivity contribution in [3.05, 3.63) is 53.2 Å². The lowest BCUT2D eigenvalue weighted by Crippen LogP contribution is -2.15. The highest BCUT2D eigenvalue weighted by molar-refractivity contribution is 7.90.